The number of hydrogen-bond acceptors (Lipinski definition) is 3. The van der Waals surface area contributed by atoms with Crippen LogP contribution in [0.15, 0.2) is 0 Å². The predicted octanol–water partition coefficient (Wildman–Crippen LogP) is 2.08. The Balaban J connectivity index is 1.71. The van der Waals surface area contributed by atoms with E-state index in [0.717, 1.165) is 44.9 Å². The van der Waals surface area contributed by atoms with Crippen molar-refractivity contribution in [2.45, 2.75) is 76.9 Å². The molecule has 2 saturated carbocycles. The summed E-state index contributed by atoms with van der Waals surface area (Å²) in [6.07, 6.45) is 8.41. The Morgan fingerprint density at radius 1 is 1.13 bits per heavy atom. The van der Waals surface area contributed by atoms with Gasteiger partial charge in [-0.2, -0.15) is 0 Å². The Morgan fingerprint density at radius 2 is 1.83 bits per heavy atom. The molecule has 0 saturated heterocycles. The highest BCUT2D eigenvalue weighted by Gasteiger charge is 2.28. The van der Waals surface area contributed by atoms with Crippen molar-refractivity contribution in [1.82, 2.24) is 10.2 Å². The van der Waals surface area contributed by atoms with Crippen LogP contribution in [0.1, 0.15) is 64.7 Å². The van der Waals surface area contributed by atoms with Crippen LogP contribution in [0.4, 0.5) is 0 Å². The van der Waals surface area contributed by atoms with Gasteiger partial charge in [0.05, 0.1) is 6.10 Å². The van der Waals surface area contributed by atoms with Crippen molar-refractivity contribution >= 4 is 11.8 Å². The Labute approximate surface area is 139 Å². The third-order valence-electron chi connectivity index (χ3n) is 5.40. The van der Waals surface area contributed by atoms with Gasteiger partial charge in [0, 0.05) is 37.9 Å². The summed E-state index contributed by atoms with van der Waals surface area (Å²) in [5.74, 6) is 0.489. The number of nitrogens with zero attached hydrogens (tertiary/aromatic N) is 1. The van der Waals surface area contributed by atoms with Crippen molar-refractivity contribution in [3.63, 3.8) is 0 Å². The molecule has 3 unspecified atom stereocenters. The number of nitrogens with one attached hydrogen (secondary N) is 1. The summed E-state index contributed by atoms with van der Waals surface area (Å²) in [6.45, 7) is 2.51. The zero-order valence-electron chi connectivity index (χ0n) is 14.6. The van der Waals surface area contributed by atoms with Gasteiger partial charge in [-0.15, -0.1) is 0 Å². The van der Waals surface area contributed by atoms with E-state index in [9.17, 15) is 14.7 Å². The summed E-state index contributed by atoms with van der Waals surface area (Å²) in [7, 11) is 1.79. The van der Waals surface area contributed by atoms with Crippen LogP contribution >= 0.6 is 0 Å². The highest BCUT2D eigenvalue weighted by molar-refractivity contribution is 5.81. The molecule has 0 heterocycles. The minimum absolute atomic E-state index is 0.0422. The fourth-order valence-corrected chi connectivity index (χ4v) is 3.88. The topological polar surface area (TPSA) is 69.6 Å². The second-order valence-corrected chi connectivity index (χ2v) is 7.48. The predicted molar refractivity (Wildman–Crippen MR) is 89.8 cm³/mol. The fraction of sp³-hybridized carbons (Fsp3) is 0.889. The smallest absolute Gasteiger partial charge is 0.224 e. The third-order valence-corrected chi connectivity index (χ3v) is 5.40. The average molecular weight is 324 g/mol. The van der Waals surface area contributed by atoms with Crippen molar-refractivity contribution in [2.75, 3.05) is 13.6 Å². The quantitative estimate of drug-likeness (QED) is 0.786. The van der Waals surface area contributed by atoms with Gasteiger partial charge in [0.2, 0.25) is 11.8 Å². The summed E-state index contributed by atoms with van der Waals surface area (Å²) >= 11 is 0. The summed E-state index contributed by atoms with van der Waals surface area (Å²) in [5, 5.41) is 12.9. The van der Waals surface area contributed by atoms with Crippen molar-refractivity contribution in [3.8, 4) is 0 Å². The molecule has 3 atom stereocenters. The summed E-state index contributed by atoms with van der Waals surface area (Å²) < 4.78 is 0. The van der Waals surface area contributed by atoms with Crippen molar-refractivity contribution in [1.29, 1.82) is 0 Å². The Hall–Kier alpha value is -1.10. The first-order valence-electron chi connectivity index (χ1n) is 9.19. The molecule has 132 valence electrons. The lowest BCUT2D eigenvalue weighted by Crippen LogP contribution is -2.42. The molecule has 2 aliphatic carbocycles. The first kappa shape index (κ1) is 18.2. The van der Waals surface area contributed by atoms with Crippen LogP contribution in [0.5, 0.6) is 0 Å². The maximum Gasteiger partial charge on any atom is 0.224 e. The van der Waals surface area contributed by atoms with Gasteiger partial charge in [-0.3, -0.25) is 9.59 Å². The van der Waals surface area contributed by atoms with Crippen LogP contribution in [0.25, 0.3) is 0 Å². The van der Waals surface area contributed by atoms with E-state index in [1.54, 1.807) is 11.9 Å². The lowest BCUT2D eigenvalue weighted by Gasteiger charge is -2.26. The molecule has 5 nitrogen and oxygen atoms in total. The Kier molecular flexibility index (Phi) is 6.88. The maximum absolute atomic E-state index is 12.3. The van der Waals surface area contributed by atoms with Gasteiger partial charge in [0.1, 0.15) is 0 Å². The van der Waals surface area contributed by atoms with Crippen LogP contribution in [0.3, 0.4) is 0 Å². The van der Waals surface area contributed by atoms with E-state index < -0.39 is 0 Å². The molecule has 0 aliphatic heterocycles. The monoisotopic (exact) mass is 324 g/mol. The van der Waals surface area contributed by atoms with Crippen LogP contribution in [0, 0.1) is 11.8 Å². The lowest BCUT2D eigenvalue weighted by atomic mass is 9.88. The SMILES string of the molecule is CC(CC(=O)N(C)CC1CCCC1O)NC(=O)C1CCCCC1. The molecule has 0 radical (unpaired) electrons. The van der Waals surface area contributed by atoms with Gasteiger partial charge >= 0.3 is 0 Å². The number of aliphatic hydroxyl groups excluding tert-OH is 1. The molecule has 0 aromatic heterocycles. The highest BCUT2D eigenvalue weighted by atomic mass is 16.3. The second-order valence-electron chi connectivity index (χ2n) is 7.48. The van der Waals surface area contributed by atoms with Crippen LogP contribution in [-0.4, -0.2) is 47.6 Å². The zero-order valence-corrected chi connectivity index (χ0v) is 14.6. The fourth-order valence-electron chi connectivity index (χ4n) is 3.88. The molecule has 0 bridgehead atoms. The molecule has 2 aliphatic rings. The van der Waals surface area contributed by atoms with Crippen molar-refractivity contribution in [3.05, 3.63) is 0 Å². The number of carbonyl (C=O) groups is 2. The molecular formula is C18H32N2O3. The zero-order chi connectivity index (χ0) is 16.8. The van der Waals surface area contributed by atoms with Crippen molar-refractivity contribution < 1.29 is 14.7 Å². The maximum atomic E-state index is 12.3. The normalized spacial score (nSPS) is 26.7. The Morgan fingerprint density at radius 3 is 2.43 bits per heavy atom. The molecule has 0 aromatic carbocycles. The highest BCUT2D eigenvalue weighted by Crippen LogP contribution is 2.26. The number of rotatable bonds is 6. The molecule has 23 heavy (non-hydrogen) atoms. The molecule has 0 aromatic rings. The summed E-state index contributed by atoms with van der Waals surface area (Å²) in [6, 6.07) is -0.132. The van der Waals surface area contributed by atoms with Gasteiger partial charge in [0.25, 0.3) is 0 Å². The van der Waals surface area contributed by atoms with Gasteiger partial charge in [0.15, 0.2) is 0 Å². The molecule has 2 amide bonds. The standard InChI is InChI=1S/C18H32N2O3/c1-13(19-18(23)14-7-4-3-5-8-14)11-17(22)20(2)12-15-9-6-10-16(15)21/h13-16,21H,3-12H2,1-2H3,(H,19,23). The molecule has 0 spiro atoms. The van der Waals surface area contributed by atoms with Gasteiger partial charge in [-0.1, -0.05) is 25.7 Å². The van der Waals surface area contributed by atoms with Gasteiger partial charge in [-0.05, 0) is 32.6 Å². The van der Waals surface area contributed by atoms with Gasteiger partial charge in [-0.25, -0.2) is 0 Å². The second kappa shape index (κ2) is 8.67. The minimum atomic E-state index is -0.270. The lowest BCUT2D eigenvalue weighted by molar-refractivity contribution is -0.132. The minimum Gasteiger partial charge on any atom is -0.393 e. The van der Waals surface area contributed by atoms with E-state index >= 15 is 0 Å². The number of carbonyl (C=O) groups excluding carboxylic acids is 2. The van der Waals surface area contributed by atoms with Gasteiger partial charge < -0.3 is 15.3 Å². The van der Waals surface area contributed by atoms with Crippen LogP contribution < -0.4 is 5.32 Å². The van der Waals surface area contributed by atoms with E-state index in [2.05, 4.69) is 5.32 Å². The molecule has 2 N–H and O–H groups in total. The number of aliphatic hydroxyl groups is 1. The first-order valence-corrected chi connectivity index (χ1v) is 9.19. The molecule has 2 fully saturated rings. The van der Waals surface area contributed by atoms with Crippen LogP contribution in [-0.2, 0) is 9.59 Å². The van der Waals surface area contributed by atoms with E-state index in [1.165, 1.54) is 6.42 Å². The van der Waals surface area contributed by atoms with E-state index in [4.69, 9.17) is 0 Å². The molecule has 5 heteroatoms. The molecular weight excluding hydrogens is 292 g/mol. The first-order chi connectivity index (χ1) is 11.0. The van der Waals surface area contributed by atoms with E-state index in [-0.39, 0.29) is 35.8 Å². The van der Waals surface area contributed by atoms with E-state index in [1.807, 2.05) is 6.92 Å². The van der Waals surface area contributed by atoms with Crippen molar-refractivity contribution in [2.24, 2.45) is 11.8 Å². The summed E-state index contributed by atoms with van der Waals surface area (Å²) in [5.41, 5.74) is 0. The molecule has 2 rings (SSSR count). The average Bonchev–Trinajstić information content (AvgIpc) is 2.93. The largest absolute Gasteiger partial charge is 0.393 e. The van der Waals surface area contributed by atoms with Crippen LogP contribution in [0.2, 0.25) is 0 Å². The number of amides is 2. The number of hydrogen-bond donors (Lipinski definition) is 2. The third kappa shape index (κ3) is 5.48. The summed E-state index contributed by atoms with van der Waals surface area (Å²) in [4.78, 5) is 26.2. The Bertz CT molecular complexity index is 407. The van der Waals surface area contributed by atoms with E-state index in [0.29, 0.717) is 13.0 Å².